The average molecular weight is 362 g/mol. The molecule has 26 heavy (non-hydrogen) atoms. The Morgan fingerprint density at radius 2 is 1.88 bits per heavy atom. The van der Waals surface area contributed by atoms with Gasteiger partial charge in [-0.3, -0.25) is 19.8 Å². The first-order valence-corrected chi connectivity index (χ1v) is 9.18. The van der Waals surface area contributed by atoms with Crippen molar-refractivity contribution in [3.05, 3.63) is 34.4 Å². The van der Waals surface area contributed by atoms with Crippen LogP contribution in [0.4, 0.5) is 11.4 Å². The summed E-state index contributed by atoms with van der Waals surface area (Å²) in [6.45, 7) is 11.5. The molecule has 0 spiro atoms. The molecule has 0 aromatic heterocycles. The highest BCUT2D eigenvalue weighted by Gasteiger charge is 2.32. The van der Waals surface area contributed by atoms with Crippen LogP contribution in [0.5, 0.6) is 0 Å². The predicted octanol–water partition coefficient (Wildman–Crippen LogP) is 2.88. The quantitative estimate of drug-likeness (QED) is 0.575. The Hall–Kier alpha value is -2.15. The van der Waals surface area contributed by atoms with Crippen molar-refractivity contribution in [3.63, 3.8) is 0 Å². The Morgan fingerprint density at radius 1 is 1.27 bits per heavy atom. The number of hydrogen-bond acceptors (Lipinski definition) is 5. The van der Waals surface area contributed by atoms with Crippen LogP contribution in [0.3, 0.4) is 0 Å². The zero-order valence-electron chi connectivity index (χ0n) is 16.1. The monoisotopic (exact) mass is 362 g/mol. The van der Waals surface area contributed by atoms with Gasteiger partial charge in [-0.1, -0.05) is 26.0 Å². The lowest BCUT2D eigenvalue weighted by molar-refractivity contribution is -0.383. The minimum Gasteiger partial charge on any atom is -0.371 e. The first kappa shape index (κ1) is 20.2. The molecule has 2 N–H and O–H groups in total. The van der Waals surface area contributed by atoms with Crippen LogP contribution in [0.1, 0.15) is 34.1 Å². The van der Waals surface area contributed by atoms with E-state index in [0.29, 0.717) is 24.1 Å². The summed E-state index contributed by atoms with van der Waals surface area (Å²) in [5.41, 5.74) is 0.194. The summed E-state index contributed by atoms with van der Waals surface area (Å²) in [5, 5.41) is 16.8. The normalized spacial score (nSPS) is 21.2. The first-order valence-electron chi connectivity index (χ1n) is 9.18. The van der Waals surface area contributed by atoms with E-state index in [1.165, 1.54) is 12.5 Å². The lowest BCUT2D eigenvalue weighted by Crippen LogP contribution is -2.56. The van der Waals surface area contributed by atoms with Gasteiger partial charge in [-0.2, -0.15) is 0 Å². The van der Waals surface area contributed by atoms with Crippen molar-refractivity contribution in [1.82, 2.24) is 10.2 Å². The number of anilines is 1. The Bertz CT molecular complexity index is 637. The third kappa shape index (κ3) is 5.42. The van der Waals surface area contributed by atoms with Gasteiger partial charge in [-0.25, -0.2) is 0 Å². The molecule has 144 valence electrons. The second kappa shape index (κ2) is 8.49. The average Bonchev–Trinajstić information content (AvgIpc) is 2.57. The number of nitro groups is 1. The molecule has 7 nitrogen and oxygen atoms in total. The maximum absolute atomic E-state index is 12.2. The lowest BCUT2D eigenvalue weighted by Gasteiger charge is -2.45. The summed E-state index contributed by atoms with van der Waals surface area (Å²) in [5.74, 6) is 1.15. The van der Waals surface area contributed by atoms with E-state index in [2.05, 4.69) is 43.2 Å². The van der Waals surface area contributed by atoms with E-state index in [4.69, 9.17) is 0 Å². The van der Waals surface area contributed by atoms with Crippen LogP contribution in [0.2, 0.25) is 0 Å². The number of likely N-dealkylation sites (tertiary alicyclic amines) is 1. The van der Waals surface area contributed by atoms with Crippen LogP contribution in [-0.4, -0.2) is 47.4 Å². The number of nitro benzene ring substituents is 1. The summed E-state index contributed by atoms with van der Waals surface area (Å²) in [6.07, 6.45) is 1.25. The topological polar surface area (TPSA) is 87.5 Å². The number of nitrogens with one attached hydrogen (secondary N) is 2. The van der Waals surface area contributed by atoms with Gasteiger partial charge in [0, 0.05) is 31.2 Å². The number of carbonyl (C=O) groups excluding carboxylic acids is 1. The molecule has 7 heteroatoms. The van der Waals surface area contributed by atoms with Gasteiger partial charge < -0.3 is 10.6 Å². The van der Waals surface area contributed by atoms with E-state index in [1.54, 1.807) is 18.2 Å². The fraction of sp³-hybridized carbons (Fsp3) is 0.632. The van der Waals surface area contributed by atoms with Crippen molar-refractivity contribution in [2.24, 2.45) is 11.8 Å². The molecule has 1 aliphatic rings. The summed E-state index contributed by atoms with van der Waals surface area (Å²) < 4.78 is 0. The van der Waals surface area contributed by atoms with Crippen molar-refractivity contribution in [2.45, 2.75) is 39.7 Å². The summed E-state index contributed by atoms with van der Waals surface area (Å²) in [4.78, 5) is 25.2. The fourth-order valence-corrected chi connectivity index (χ4v) is 3.60. The molecule has 2 atom stereocenters. The van der Waals surface area contributed by atoms with Crippen LogP contribution in [0, 0.1) is 22.0 Å². The van der Waals surface area contributed by atoms with E-state index in [0.717, 1.165) is 13.1 Å². The highest BCUT2D eigenvalue weighted by molar-refractivity contribution is 5.81. The second-order valence-electron chi connectivity index (χ2n) is 8.07. The number of rotatable bonds is 7. The zero-order chi connectivity index (χ0) is 19.3. The highest BCUT2D eigenvalue weighted by Crippen LogP contribution is 2.27. The SMILES string of the molecule is CC1CC(C)CN(C(C)(C)CNC(=O)CNc2ccccc2[N+](=O)[O-])C1. The molecule has 1 saturated heterocycles. The molecule has 2 unspecified atom stereocenters. The van der Waals surface area contributed by atoms with Gasteiger partial charge in [0.25, 0.3) is 5.69 Å². The number of piperidine rings is 1. The highest BCUT2D eigenvalue weighted by atomic mass is 16.6. The number of amides is 1. The van der Waals surface area contributed by atoms with Crippen molar-refractivity contribution >= 4 is 17.3 Å². The molecule has 1 fully saturated rings. The molecule has 1 aromatic carbocycles. The van der Waals surface area contributed by atoms with Crippen molar-refractivity contribution in [3.8, 4) is 0 Å². The first-order chi connectivity index (χ1) is 12.2. The van der Waals surface area contributed by atoms with Crippen LogP contribution < -0.4 is 10.6 Å². The maximum atomic E-state index is 12.2. The van der Waals surface area contributed by atoms with Crippen LogP contribution in [0.15, 0.2) is 24.3 Å². The van der Waals surface area contributed by atoms with Gasteiger partial charge >= 0.3 is 0 Å². The summed E-state index contributed by atoms with van der Waals surface area (Å²) in [6, 6.07) is 6.33. The minimum absolute atomic E-state index is 0.00768. The third-order valence-electron chi connectivity index (χ3n) is 4.98. The van der Waals surface area contributed by atoms with Crippen LogP contribution >= 0.6 is 0 Å². The van der Waals surface area contributed by atoms with Gasteiger partial charge in [-0.05, 0) is 38.2 Å². The molecule has 0 saturated carbocycles. The number of para-hydroxylation sites is 2. The smallest absolute Gasteiger partial charge is 0.292 e. The summed E-state index contributed by atoms with van der Waals surface area (Å²) >= 11 is 0. The number of carbonyl (C=O) groups is 1. The summed E-state index contributed by atoms with van der Waals surface area (Å²) in [7, 11) is 0. The Balaban J connectivity index is 1.85. The van der Waals surface area contributed by atoms with Gasteiger partial charge in [0.2, 0.25) is 5.91 Å². The molecule has 1 aromatic rings. The largest absolute Gasteiger partial charge is 0.371 e. The molecule has 2 rings (SSSR count). The van der Waals surface area contributed by atoms with Gasteiger partial charge in [0.15, 0.2) is 0 Å². The van der Waals surface area contributed by atoms with Gasteiger partial charge in [-0.15, -0.1) is 0 Å². The van der Waals surface area contributed by atoms with Gasteiger partial charge in [0.05, 0.1) is 11.5 Å². The van der Waals surface area contributed by atoms with E-state index in [9.17, 15) is 14.9 Å². The Labute approximate surface area is 155 Å². The van der Waals surface area contributed by atoms with Crippen molar-refractivity contribution in [2.75, 3.05) is 31.5 Å². The van der Waals surface area contributed by atoms with Crippen molar-refractivity contribution in [1.29, 1.82) is 0 Å². The third-order valence-corrected chi connectivity index (χ3v) is 4.98. The second-order valence-corrected chi connectivity index (χ2v) is 8.07. The van der Waals surface area contributed by atoms with E-state index < -0.39 is 4.92 Å². The fourth-order valence-electron chi connectivity index (χ4n) is 3.60. The number of hydrogen-bond donors (Lipinski definition) is 2. The Kier molecular flexibility index (Phi) is 6.58. The number of nitrogens with zero attached hydrogens (tertiary/aromatic N) is 2. The van der Waals surface area contributed by atoms with E-state index >= 15 is 0 Å². The molecular formula is C19H30N4O3. The molecule has 0 bridgehead atoms. The molecular weight excluding hydrogens is 332 g/mol. The predicted molar refractivity (Wildman–Crippen MR) is 103 cm³/mol. The van der Waals surface area contributed by atoms with Crippen LogP contribution in [0.25, 0.3) is 0 Å². The Morgan fingerprint density at radius 3 is 2.50 bits per heavy atom. The lowest BCUT2D eigenvalue weighted by atomic mass is 9.88. The molecule has 0 radical (unpaired) electrons. The van der Waals surface area contributed by atoms with E-state index in [1.807, 2.05) is 0 Å². The standard InChI is InChI=1S/C19H30N4O3/c1-14-9-15(2)12-22(11-14)19(3,4)13-21-18(24)10-20-16-7-5-6-8-17(16)23(25)26/h5-8,14-15,20H,9-13H2,1-4H3,(H,21,24). The molecule has 0 aliphatic carbocycles. The molecule has 1 aliphatic heterocycles. The van der Waals surface area contributed by atoms with E-state index in [-0.39, 0.29) is 23.7 Å². The minimum atomic E-state index is -0.456. The molecule has 1 heterocycles. The van der Waals surface area contributed by atoms with Crippen LogP contribution in [-0.2, 0) is 4.79 Å². The maximum Gasteiger partial charge on any atom is 0.292 e. The van der Waals surface area contributed by atoms with Gasteiger partial charge in [0.1, 0.15) is 5.69 Å². The zero-order valence-corrected chi connectivity index (χ0v) is 16.1. The molecule has 1 amide bonds. The van der Waals surface area contributed by atoms with Crippen molar-refractivity contribution < 1.29 is 9.72 Å². The number of benzene rings is 1.